The largest absolute Gasteiger partial charge is 0.380 e. The predicted molar refractivity (Wildman–Crippen MR) is 64.8 cm³/mol. The summed E-state index contributed by atoms with van der Waals surface area (Å²) in [5.41, 5.74) is 2.66. The van der Waals surface area contributed by atoms with Crippen LogP contribution in [0.25, 0.3) is 0 Å². The van der Waals surface area contributed by atoms with E-state index in [0.29, 0.717) is 0 Å². The Hall–Kier alpha value is -1.35. The first-order valence-electron chi connectivity index (χ1n) is 6.11. The third-order valence-corrected chi connectivity index (χ3v) is 3.76. The van der Waals surface area contributed by atoms with E-state index < -0.39 is 0 Å². The number of hydrogen-bond donors (Lipinski definition) is 1. The second-order valence-electron chi connectivity index (χ2n) is 5.48. The molecule has 1 amide bonds. The number of benzene rings is 1. The lowest BCUT2D eigenvalue weighted by molar-refractivity contribution is -0.128. The van der Waals surface area contributed by atoms with Crippen molar-refractivity contribution in [2.75, 3.05) is 19.8 Å². The van der Waals surface area contributed by atoms with E-state index in [0.717, 1.165) is 26.2 Å². The molecule has 1 heterocycles. The maximum atomic E-state index is 12.0. The van der Waals surface area contributed by atoms with Crippen molar-refractivity contribution in [2.45, 2.75) is 19.3 Å². The topological polar surface area (TPSA) is 38.3 Å². The van der Waals surface area contributed by atoms with Crippen molar-refractivity contribution in [3.8, 4) is 0 Å². The lowest BCUT2D eigenvalue weighted by Gasteiger charge is -2.39. The summed E-state index contributed by atoms with van der Waals surface area (Å²) in [6.07, 6.45) is 0.884. The highest BCUT2D eigenvalue weighted by Crippen LogP contribution is 2.35. The Balaban J connectivity index is 1.58. The molecule has 1 aromatic rings. The van der Waals surface area contributed by atoms with Crippen LogP contribution in [-0.2, 0) is 16.0 Å². The van der Waals surface area contributed by atoms with Crippen molar-refractivity contribution < 1.29 is 9.53 Å². The van der Waals surface area contributed by atoms with Crippen LogP contribution >= 0.6 is 0 Å². The van der Waals surface area contributed by atoms with E-state index in [2.05, 4.69) is 24.4 Å². The Kier molecular flexibility index (Phi) is 2.44. The first kappa shape index (κ1) is 10.8. The normalized spacial score (nSPS) is 24.2. The molecular weight excluding hydrogens is 214 g/mol. The van der Waals surface area contributed by atoms with Crippen LogP contribution in [0.3, 0.4) is 0 Å². The number of nitrogens with one attached hydrogen (secondary N) is 1. The van der Waals surface area contributed by atoms with E-state index in [1.54, 1.807) is 0 Å². The number of carbonyl (C=O) groups excluding carboxylic acids is 1. The molecule has 90 valence electrons. The molecule has 1 unspecified atom stereocenters. The van der Waals surface area contributed by atoms with Gasteiger partial charge in [-0.05, 0) is 17.5 Å². The molecule has 1 atom stereocenters. The average Bonchev–Trinajstić information content (AvgIpc) is 2.25. The molecule has 0 aromatic heterocycles. The SMILES string of the molecule is CC1(CNC(=O)C2Cc3ccccc32)COC1. The monoisotopic (exact) mass is 231 g/mol. The lowest BCUT2D eigenvalue weighted by atomic mass is 9.77. The molecule has 3 heteroatoms. The highest BCUT2D eigenvalue weighted by atomic mass is 16.5. The molecule has 1 aromatic carbocycles. The van der Waals surface area contributed by atoms with Gasteiger partial charge in [0, 0.05) is 12.0 Å². The standard InChI is InChI=1S/C14H17NO2/c1-14(8-17-9-14)7-15-13(16)12-6-10-4-2-3-5-11(10)12/h2-5,12H,6-9H2,1H3,(H,15,16). The van der Waals surface area contributed by atoms with E-state index in [9.17, 15) is 4.79 Å². The van der Waals surface area contributed by atoms with Gasteiger partial charge in [0.15, 0.2) is 0 Å². The maximum Gasteiger partial charge on any atom is 0.227 e. The van der Waals surface area contributed by atoms with Crippen molar-refractivity contribution in [1.29, 1.82) is 0 Å². The van der Waals surface area contributed by atoms with Crippen molar-refractivity contribution in [2.24, 2.45) is 5.41 Å². The minimum atomic E-state index is 0.0656. The lowest BCUT2D eigenvalue weighted by Crippen LogP contribution is -2.50. The molecule has 0 radical (unpaired) electrons. The summed E-state index contributed by atoms with van der Waals surface area (Å²) in [6.45, 7) is 4.39. The number of rotatable bonds is 3. The van der Waals surface area contributed by atoms with Gasteiger partial charge < -0.3 is 10.1 Å². The Morgan fingerprint density at radius 2 is 2.24 bits per heavy atom. The molecule has 3 nitrogen and oxygen atoms in total. The zero-order valence-corrected chi connectivity index (χ0v) is 10.0. The van der Waals surface area contributed by atoms with E-state index in [1.807, 2.05) is 12.1 Å². The number of amides is 1. The molecule has 1 fully saturated rings. The fourth-order valence-electron chi connectivity index (χ4n) is 2.47. The Labute approximate surface area is 101 Å². The van der Waals surface area contributed by atoms with Gasteiger partial charge in [-0.3, -0.25) is 4.79 Å². The van der Waals surface area contributed by atoms with E-state index in [4.69, 9.17) is 4.74 Å². The number of ether oxygens (including phenoxy) is 1. The van der Waals surface area contributed by atoms with Crippen LogP contribution in [0.4, 0.5) is 0 Å². The third kappa shape index (κ3) is 1.84. The van der Waals surface area contributed by atoms with Crippen molar-refractivity contribution in [3.05, 3.63) is 35.4 Å². The van der Waals surface area contributed by atoms with Crippen LogP contribution < -0.4 is 5.32 Å². The molecule has 17 heavy (non-hydrogen) atoms. The Morgan fingerprint density at radius 3 is 2.88 bits per heavy atom. The smallest absolute Gasteiger partial charge is 0.227 e. The van der Waals surface area contributed by atoms with Crippen molar-refractivity contribution in [1.82, 2.24) is 5.32 Å². The molecule has 1 aliphatic heterocycles. The van der Waals surface area contributed by atoms with E-state index >= 15 is 0 Å². The quantitative estimate of drug-likeness (QED) is 0.855. The van der Waals surface area contributed by atoms with Gasteiger partial charge >= 0.3 is 0 Å². The molecule has 0 spiro atoms. The first-order chi connectivity index (χ1) is 8.18. The number of fused-ring (bicyclic) bond motifs is 1. The van der Waals surface area contributed by atoms with Gasteiger partial charge in [0.05, 0.1) is 19.1 Å². The van der Waals surface area contributed by atoms with E-state index in [-0.39, 0.29) is 17.2 Å². The average molecular weight is 231 g/mol. The van der Waals surface area contributed by atoms with Gasteiger partial charge in [-0.15, -0.1) is 0 Å². The zero-order valence-electron chi connectivity index (χ0n) is 10.0. The van der Waals surface area contributed by atoms with Crippen LogP contribution in [0.5, 0.6) is 0 Å². The van der Waals surface area contributed by atoms with Crippen LogP contribution in [0.2, 0.25) is 0 Å². The summed E-state index contributed by atoms with van der Waals surface area (Å²) in [5, 5.41) is 3.05. The molecular formula is C14H17NO2. The molecule has 1 saturated heterocycles. The molecule has 1 aliphatic carbocycles. The van der Waals surface area contributed by atoms with Gasteiger partial charge in [0.2, 0.25) is 5.91 Å². The summed E-state index contributed by atoms with van der Waals surface area (Å²) in [4.78, 5) is 12.0. The van der Waals surface area contributed by atoms with Crippen LogP contribution in [0.15, 0.2) is 24.3 Å². The molecule has 1 N–H and O–H groups in total. The zero-order chi connectivity index (χ0) is 11.9. The predicted octanol–water partition coefficient (Wildman–Crippen LogP) is 1.48. The van der Waals surface area contributed by atoms with Crippen molar-refractivity contribution >= 4 is 5.91 Å². The Bertz CT molecular complexity index is 451. The number of carbonyl (C=O) groups is 1. The summed E-state index contributed by atoms with van der Waals surface area (Å²) in [7, 11) is 0. The van der Waals surface area contributed by atoms with Crippen LogP contribution in [-0.4, -0.2) is 25.7 Å². The highest BCUT2D eigenvalue weighted by molar-refractivity contribution is 5.86. The molecule has 0 saturated carbocycles. The number of hydrogen-bond acceptors (Lipinski definition) is 2. The Morgan fingerprint density at radius 1 is 1.47 bits per heavy atom. The molecule has 3 rings (SSSR count). The minimum Gasteiger partial charge on any atom is -0.380 e. The van der Waals surface area contributed by atoms with Gasteiger partial charge in [-0.25, -0.2) is 0 Å². The minimum absolute atomic E-state index is 0.0656. The van der Waals surface area contributed by atoms with Gasteiger partial charge in [0.1, 0.15) is 0 Å². The van der Waals surface area contributed by atoms with E-state index in [1.165, 1.54) is 11.1 Å². The molecule has 0 bridgehead atoms. The first-order valence-corrected chi connectivity index (χ1v) is 6.11. The van der Waals surface area contributed by atoms with Crippen LogP contribution in [0.1, 0.15) is 24.0 Å². The maximum absolute atomic E-state index is 12.0. The third-order valence-electron chi connectivity index (χ3n) is 3.76. The summed E-state index contributed by atoms with van der Waals surface area (Å²) >= 11 is 0. The summed E-state index contributed by atoms with van der Waals surface area (Å²) in [6, 6.07) is 8.18. The van der Waals surface area contributed by atoms with Crippen LogP contribution in [0, 0.1) is 5.41 Å². The summed E-state index contributed by atoms with van der Waals surface area (Å²) < 4.78 is 5.18. The van der Waals surface area contributed by atoms with Crippen molar-refractivity contribution in [3.63, 3.8) is 0 Å². The second kappa shape index (κ2) is 3.84. The van der Waals surface area contributed by atoms with Gasteiger partial charge in [0.25, 0.3) is 0 Å². The molecule has 2 aliphatic rings. The fraction of sp³-hybridized carbons (Fsp3) is 0.500. The second-order valence-corrected chi connectivity index (χ2v) is 5.48. The van der Waals surface area contributed by atoms with Gasteiger partial charge in [-0.1, -0.05) is 31.2 Å². The summed E-state index contributed by atoms with van der Waals surface area (Å²) in [5.74, 6) is 0.229. The van der Waals surface area contributed by atoms with Gasteiger partial charge in [-0.2, -0.15) is 0 Å². The highest BCUT2D eigenvalue weighted by Gasteiger charge is 2.36. The fourth-order valence-corrected chi connectivity index (χ4v) is 2.47.